The normalized spacial score (nSPS) is 12.8. The number of carbonyl (C=O) groups excluding carboxylic acids is 1. The summed E-state index contributed by atoms with van der Waals surface area (Å²) in [6.45, 7) is 0.588. The molecule has 0 spiro atoms. The number of hydrogen-bond donors (Lipinski definition) is 1. The van der Waals surface area contributed by atoms with Crippen molar-refractivity contribution < 1.29 is 23.4 Å². The third kappa shape index (κ3) is 4.27. The predicted molar refractivity (Wildman–Crippen MR) is 110 cm³/mol. The van der Waals surface area contributed by atoms with E-state index >= 15 is 0 Å². The van der Waals surface area contributed by atoms with Crippen molar-refractivity contribution in [1.82, 2.24) is 9.97 Å². The molecule has 0 saturated heterocycles. The number of amides is 1. The Morgan fingerprint density at radius 1 is 1.13 bits per heavy atom. The maximum absolute atomic E-state index is 12.7. The van der Waals surface area contributed by atoms with Gasteiger partial charge in [-0.15, -0.1) is 0 Å². The van der Waals surface area contributed by atoms with E-state index in [1.54, 1.807) is 50.8 Å². The number of carbonyl (C=O) groups is 1. The van der Waals surface area contributed by atoms with Gasteiger partial charge in [0.2, 0.25) is 5.91 Å². The van der Waals surface area contributed by atoms with Crippen LogP contribution in [0, 0.1) is 0 Å². The van der Waals surface area contributed by atoms with Crippen LogP contribution in [0.3, 0.4) is 0 Å². The van der Waals surface area contributed by atoms with Crippen LogP contribution in [0.15, 0.2) is 53.2 Å². The van der Waals surface area contributed by atoms with Gasteiger partial charge in [-0.05, 0) is 35.9 Å². The lowest BCUT2D eigenvalue weighted by Crippen LogP contribution is -2.16. The molecule has 1 aliphatic rings. The molecule has 1 amide bonds. The van der Waals surface area contributed by atoms with Crippen LogP contribution >= 0.6 is 0 Å². The molecule has 154 valence electrons. The number of aromatic nitrogens is 2. The standard InChI is InChI=1S/C22H21N3O5/c1-27-17-8-7-14(11-19(17)28-2)12-21(26)24-20-13-15(16-5-3-9-29-16)23-22(25-20)18-6-4-10-30-18/h3,5-9,11,13H,4,10,12H2,1-2H3,(H,23,24,25,26). The van der Waals surface area contributed by atoms with Gasteiger partial charge in [0.25, 0.3) is 0 Å². The zero-order chi connectivity index (χ0) is 20.9. The van der Waals surface area contributed by atoms with Crippen LogP contribution in [0.2, 0.25) is 0 Å². The number of benzene rings is 1. The van der Waals surface area contributed by atoms with E-state index in [1.807, 2.05) is 12.1 Å². The van der Waals surface area contributed by atoms with Crippen molar-refractivity contribution in [3.8, 4) is 23.0 Å². The highest BCUT2D eigenvalue weighted by Crippen LogP contribution is 2.28. The number of hydrogen-bond acceptors (Lipinski definition) is 7. The average molecular weight is 407 g/mol. The second-order valence-corrected chi connectivity index (χ2v) is 6.56. The topological polar surface area (TPSA) is 95.7 Å². The first kappa shape index (κ1) is 19.5. The summed E-state index contributed by atoms with van der Waals surface area (Å²) in [5, 5.41) is 2.84. The fourth-order valence-electron chi connectivity index (χ4n) is 3.11. The fourth-order valence-corrected chi connectivity index (χ4v) is 3.11. The molecule has 0 aliphatic carbocycles. The van der Waals surface area contributed by atoms with Crippen LogP contribution in [0.4, 0.5) is 5.82 Å². The molecule has 3 heterocycles. The zero-order valence-electron chi connectivity index (χ0n) is 16.7. The van der Waals surface area contributed by atoms with E-state index in [0.717, 1.165) is 12.0 Å². The van der Waals surface area contributed by atoms with Crippen LogP contribution in [-0.4, -0.2) is 36.7 Å². The molecule has 3 aromatic rings. The molecule has 0 saturated carbocycles. The summed E-state index contributed by atoms with van der Waals surface area (Å²) in [5.74, 6) is 2.90. The first-order valence-electron chi connectivity index (χ1n) is 9.43. The minimum atomic E-state index is -0.224. The quantitative estimate of drug-likeness (QED) is 0.638. The Hall–Kier alpha value is -3.81. The van der Waals surface area contributed by atoms with Crippen LogP contribution < -0.4 is 14.8 Å². The number of nitrogens with one attached hydrogen (secondary N) is 1. The van der Waals surface area contributed by atoms with Gasteiger partial charge in [-0.1, -0.05) is 6.07 Å². The Balaban J connectivity index is 1.56. The molecule has 0 bridgehead atoms. The summed E-state index contributed by atoms with van der Waals surface area (Å²) in [6, 6.07) is 10.6. The molecule has 4 rings (SSSR count). The molecule has 0 unspecified atom stereocenters. The third-order valence-corrected chi connectivity index (χ3v) is 4.51. The molecule has 8 heteroatoms. The number of anilines is 1. The number of methoxy groups -OCH3 is 2. The van der Waals surface area contributed by atoms with Crippen LogP contribution in [0.1, 0.15) is 17.8 Å². The summed E-state index contributed by atoms with van der Waals surface area (Å²) < 4.78 is 21.6. The van der Waals surface area contributed by atoms with E-state index < -0.39 is 0 Å². The predicted octanol–water partition coefficient (Wildman–Crippen LogP) is 3.70. The van der Waals surface area contributed by atoms with Crippen LogP contribution in [0.25, 0.3) is 17.2 Å². The maximum Gasteiger partial charge on any atom is 0.229 e. The lowest BCUT2D eigenvalue weighted by Gasteiger charge is -2.11. The monoisotopic (exact) mass is 407 g/mol. The molecule has 1 N–H and O–H groups in total. The van der Waals surface area contributed by atoms with Crippen molar-refractivity contribution >= 4 is 17.5 Å². The lowest BCUT2D eigenvalue weighted by atomic mass is 10.1. The Morgan fingerprint density at radius 3 is 2.70 bits per heavy atom. The second-order valence-electron chi connectivity index (χ2n) is 6.56. The Labute approximate surface area is 173 Å². The summed E-state index contributed by atoms with van der Waals surface area (Å²) in [4.78, 5) is 21.6. The largest absolute Gasteiger partial charge is 0.493 e. The first-order chi connectivity index (χ1) is 14.7. The highest BCUT2D eigenvalue weighted by Gasteiger charge is 2.17. The van der Waals surface area contributed by atoms with Gasteiger partial charge in [0.05, 0.1) is 33.5 Å². The average Bonchev–Trinajstić information content (AvgIpc) is 3.47. The number of nitrogens with zero attached hydrogens (tertiary/aromatic N) is 2. The van der Waals surface area contributed by atoms with E-state index in [-0.39, 0.29) is 12.3 Å². The van der Waals surface area contributed by atoms with Gasteiger partial charge in [0.1, 0.15) is 11.5 Å². The molecule has 30 heavy (non-hydrogen) atoms. The molecule has 0 atom stereocenters. The van der Waals surface area contributed by atoms with Gasteiger partial charge in [0, 0.05) is 12.5 Å². The van der Waals surface area contributed by atoms with Crippen molar-refractivity contribution in [2.24, 2.45) is 0 Å². The van der Waals surface area contributed by atoms with Crippen molar-refractivity contribution in [2.45, 2.75) is 12.8 Å². The molecule has 8 nitrogen and oxygen atoms in total. The Morgan fingerprint density at radius 2 is 2.00 bits per heavy atom. The first-order valence-corrected chi connectivity index (χ1v) is 9.43. The molecule has 0 fully saturated rings. The highest BCUT2D eigenvalue weighted by atomic mass is 16.5. The van der Waals surface area contributed by atoms with Gasteiger partial charge in [0.15, 0.2) is 28.8 Å². The van der Waals surface area contributed by atoms with E-state index in [2.05, 4.69) is 15.3 Å². The number of rotatable bonds is 7. The van der Waals surface area contributed by atoms with E-state index in [0.29, 0.717) is 47.0 Å². The molecule has 1 aliphatic heterocycles. The summed E-state index contributed by atoms with van der Waals surface area (Å²) in [6.07, 6.45) is 4.44. The van der Waals surface area contributed by atoms with Gasteiger partial charge in [-0.3, -0.25) is 4.79 Å². The van der Waals surface area contributed by atoms with Gasteiger partial charge < -0.3 is 23.9 Å². The van der Waals surface area contributed by atoms with Crippen LogP contribution in [-0.2, 0) is 16.0 Å². The molecular weight excluding hydrogens is 386 g/mol. The van der Waals surface area contributed by atoms with Gasteiger partial charge in [-0.2, -0.15) is 0 Å². The highest BCUT2D eigenvalue weighted by molar-refractivity contribution is 5.92. The van der Waals surface area contributed by atoms with Crippen LogP contribution in [0.5, 0.6) is 11.5 Å². The number of ether oxygens (including phenoxy) is 3. The Bertz CT molecular complexity index is 1080. The van der Waals surface area contributed by atoms with Crippen molar-refractivity contribution in [1.29, 1.82) is 0 Å². The Kier molecular flexibility index (Phi) is 5.65. The summed E-state index contributed by atoms with van der Waals surface area (Å²) >= 11 is 0. The summed E-state index contributed by atoms with van der Waals surface area (Å²) in [5.41, 5.74) is 1.34. The van der Waals surface area contributed by atoms with Crippen molar-refractivity contribution in [2.75, 3.05) is 26.1 Å². The van der Waals surface area contributed by atoms with Crippen molar-refractivity contribution in [3.63, 3.8) is 0 Å². The molecule has 1 aromatic carbocycles. The van der Waals surface area contributed by atoms with E-state index in [4.69, 9.17) is 18.6 Å². The zero-order valence-corrected chi connectivity index (χ0v) is 16.7. The number of furan rings is 1. The van der Waals surface area contributed by atoms with Gasteiger partial charge >= 0.3 is 0 Å². The minimum Gasteiger partial charge on any atom is -0.493 e. The van der Waals surface area contributed by atoms with E-state index in [9.17, 15) is 4.79 Å². The second kappa shape index (κ2) is 8.69. The molecule has 0 radical (unpaired) electrons. The lowest BCUT2D eigenvalue weighted by molar-refractivity contribution is -0.115. The molecular formula is C22H21N3O5. The minimum absolute atomic E-state index is 0.148. The summed E-state index contributed by atoms with van der Waals surface area (Å²) in [7, 11) is 3.12. The third-order valence-electron chi connectivity index (χ3n) is 4.51. The van der Waals surface area contributed by atoms with Crippen molar-refractivity contribution in [3.05, 3.63) is 60.1 Å². The smallest absolute Gasteiger partial charge is 0.229 e. The fraction of sp³-hybridized carbons (Fsp3) is 0.227. The molecule has 2 aromatic heterocycles. The SMILES string of the molecule is COc1ccc(CC(=O)Nc2cc(-c3ccco3)nc(C3=CCCO3)n2)cc1OC. The van der Waals surface area contributed by atoms with Gasteiger partial charge in [-0.25, -0.2) is 9.97 Å². The maximum atomic E-state index is 12.7. The van der Waals surface area contributed by atoms with E-state index in [1.165, 1.54) is 0 Å².